The van der Waals surface area contributed by atoms with Gasteiger partial charge in [-0.15, -0.1) is 0 Å². The Morgan fingerprint density at radius 1 is 1.00 bits per heavy atom. The quantitative estimate of drug-likeness (QED) is 0.324. The molecular weight excluding hydrogens is 693 g/mol. The summed E-state index contributed by atoms with van der Waals surface area (Å²) < 4.78 is 62.2. The van der Waals surface area contributed by atoms with Crippen molar-refractivity contribution >= 4 is 38.7 Å². The average Bonchev–Trinajstić information content (AvgIpc) is 3.65. The van der Waals surface area contributed by atoms with E-state index in [1.165, 1.54) is 9.21 Å². The van der Waals surface area contributed by atoms with E-state index in [4.69, 9.17) is 13.9 Å². The third-order valence-corrected chi connectivity index (χ3v) is 12.6. The minimum Gasteiger partial charge on any atom is -0.489 e. The van der Waals surface area contributed by atoms with Crippen molar-refractivity contribution in [2.45, 2.75) is 71.1 Å². The number of benzene rings is 2. The molecule has 1 aliphatic carbocycles. The molecule has 1 atom stereocenters. The molecule has 3 aromatic rings. The second-order valence-corrected chi connectivity index (χ2v) is 16.1. The van der Waals surface area contributed by atoms with Gasteiger partial charge in [0.15, 0.2) is 0 Å². The molecule has 2 aromatic carbocycles. The summed E-state index contributed by atoms with van der Waals surface area (Å²) in [5, 5.41) is 0.840. The summed E-state index contributed by atoms with van der Waals surface area (Å²) in [6.07, 6.45) is 3.79. The van der Waals surface area contributed by atoms with E-state index >= 15 is 4.39 Å². The molecule has 0 radical (unpaired) electrons. The number of aryl methyl sites for hydroxylation is 2. The molecule has 2 amide bonds. The van der Waals surface area contributed by atoms with Crippen molar-refractivity contribution in [3.8, 4) is 5.75 Å². The summed E-state index contributed by atoms with van der Waals surface area (Å²) in [6, 6.07) is 4.38. The molecule has 0 bridgehead atoms. The van der Waals surface area contributed by atoms with E-state index in [9.17, 15) is 22.8 Å². The van der Waals surface area contributed by atoms with Gasteiger partial charge < -0.3 is 23.7 Å². The van der Waals surface area contributed by atoms with Crippen molar-refractivity contribution < 1.29 is 36.3 Å². The van der Waals surface area contributed by atoms with Gasteiger partial charge >= 0.3 is 15.8 Å². The molecule has 13 nitrogen and oxygen atoms in total. The summed E-state index contributed by atoms with van der Waals surface area (Å²) in [7, 11) is -0.365. The number of carbonyl (C=O) groups excluding carboxylic acids is 2. The number of halogens is 1. The lowest BCUT2D eigenvalue weighted by molar-refractivity contribution is 0.0727. The van der Waals surface area contributed by atoms with E-state index < -0.39 is 39.0 Å². The molecule has 1 saturated carbocycles. The number of hydrogen-bond acceptors (Lipinski definition) is 10. The molecule has 4 aliphatic rings. The fourth-order valence-corrected chi connectivity index (χ4v) is 9.00. The molecule has 1 aromatic heterocycles. The number of likely N-dealkylation sites (N-methyl/N-ethyl adjacent to an activating group) is 1. The van der Waals surface area contributed by atoms with E-state index in [-0.39, 0.29) is 49.6 Å². The molecule has 280 valence electrons. The number of amides is 2. The molecule has 0 unspecified atom stereocenters. The Kier molecular flexibility index (Phi) is 10.1. The van der Waals surface area contributed by atoms with Crippen LogP contribution in [0.1, 0.15) is 75.1 Å². The molecule has 0 spiro atoms. The van der Waals surface area contributed by atoms with Gasteiger partial charge in [0.2, 0.25) is 0 Å². The van der Waals surface area contributed by atoms with Crippen molar-refractivity contribution in [1.29, 1.82) is 0 Å². The van der Waals surface area contributed by atoms with Crippen molar-refractivity contribution in [3.05, 3.63) is 67.8 Å². The van der Waals surface area contributed by atoms with Gasteiger partial charge in [-0.1, -0.05) is 0 Å². The zero-order chi connectivity index (χ0) is 36.9. The first-order valence-electron chi connectivity index (χ1n) is 18.0. The number of anilines is 1. The Morgan fingerprint density at radius 3 is 2.44 bits per heavy atom. The number of ether oxygens (including phenoxy) is 2. The number of nitrogens with zero attached hydrogens (tertiary/aromatic N) is 4. The van der Waals surface area contributed by atoms with Crippen LogP contribution < -0.4 is 20.0 Å². The van der Waals surface area contributed by atoms with Crippen LogP contribution in [0.15, 0.2) is 27.4 Å². The highest BCUT2D eigenvalue weighted by atomic mass is 32.2. The van der Waals surface area contributed by atoms with Crippen LogP contribution >= 0.6 is 0 Å². The largest absolute Gasteiger partial charge is 0.489 e. The minimum absolute atomic E-state index is 0.117. The van der Waals surface area contributed by atoms with E-state index in [0.29, 0.717) is 49.9 Å². The summed E-state index contributed by atoms with van der Waals surface area (Å²) in [4.78, 5) is 47.0. The third-order valence-electron chi connectivity index (χ3n) is 11.1. The number of methoxy groups -OCH3 is 1. The lowest BCUT2D eigenvalue weighted by Crippen LogP contribution is -2.53. The maximum absolute atomic E-state index is 15.7. The monoisotopic (exact) mass is 739 g/mol. The van der Waals surface area contributed by atoms with Crippen LogP contribution in [0.25, 0.3) is 11.0 Å². The van der Waals surface area contributed by atoms with Crippen LogP contribution in [0.2, 0.25) is 0 Å². The summed E-state index contributed by atoms with van der Waals surface area (Å²) >= 11 is 0. The summed E-state index contributed by atoms with van der Waals surface area (Å²) in [6.45, 7) is 7.64. The van der Waals surface area contributed by atoms with Gasteiger partial charge in [0.25, 0.3) is 11.8 Å². The normalized spacial score (nSPS) is 20.2. The molecule has 3 fully saturated rings. The SMILES string of the molecule is COC[C@H]1CN(c2cc(C)c3c4c(c(=O)oc3c2C)CN(C(=O)c2cc(C(=O)NS(=O)(=O)N3CCCC3)c(OC3CCC3)cc2F)CC4)CCN1C. The van der Waals surface area contributed by atoms with Crippen LogP contribution in [0.3, 0.4) is 0 Å². The van der Waals surface area contributed by atoms with Gasteiger partial charge in [0.05, 0.1) is 42.0 Å². The molecule has 3 aliphatic heterocycles. The van der Waals surface area contributed by atoms with E-state index in [1.54, 1.807) is 7.11 Å². The standard InChI is InChI=1S/C37H46FN5O8S/c1-22-16-31(41-15-14-40(3)24(19-41)21-49-4)23(2)34-33(22)26-10-13-42(20-29(26)37(46)51-34)36(45)27-17-28(32(18-30(27)38)50-25-8-7-9-25)35(44)39-52(47,48)43-11-5-6-12-43/h16-18,24-25H,5-15,19-21H2,1-4H3,(H,39,44)/t24-/m1/s1. The fourth-order valence-electron chi connectivity index (χ4n) is 7.79. The maximum atomic E-state index is 15.7. The number of hydrogen-bond donors (Lipinski definition) is 1. The molecule has 7 rings (SSSR count). The zero-order valence-corrected chi connectivity index (χ0v) is 30.9. The van der Waals surface area contributed by atoms with Crippen LogP contribution in [-0.2, 0) is 27.9 Å². The highest BCUT2D eigenvalue weighted by Gasteiger charge is 2.34. The fraction of sp³-hybridized carbons (Fsp3) is 0.541. The average molecular weight is 740 g/mol. The Hall–Kier alpha value is -4.05. The van der Waals surface area contributed by atoms with E-state index in [0.717, 1.165) is 66.0 Å². The topological polar surface area (TPSA) is 142 Å². The number of fused-ring (bicyclic) bond motifs is 3. The van der Waals surface area contributed by atoms with Crippen molar-refractivity contribution in [1.82, 2.24) is 18.8 Å². The van der Waals surface area contributed by atoms with Gasteiger partial charge in [-0.2, -0.15) is 12.7 Å². The Morgan fingerprint density at radius 2 is 1.75 bits per heavy atom. The third kappa shape index (κ3) is 6.79. The van der Waals surface area contributed by atoms with Gasteiger partial charge in [0, 0.05) is 69.1 Å². The Bertz CT molecular complexity index is 2080. The van der Waals surface area contributed by atoms with Crippen LogP contribution in [-0.4, -0.2) is 107 Å². The smallest absolute Gasteiger partial charge is 0.341 e. The Balaban J connectivity index is 1.18. The van der Waals surface area contributed by atoms with Crippen LogP contribution in [0, 0.1) is 19.7 Å². The molecule has 1 N–H and O–H groups in total. The molecule has 52 heavy (non-hydrogen) atoms. The van der Waals surface area contributed by atoms with Crippen molar-refractivity contribution in [2.24, 2.45) is 0 Å². The van der Waals surface area contributed by atoms with E-state index in [1.807, 2.05) is 13.8 Å². The van der Waals surface area contributed by atoms with Gasteiger partial charge in [-0.05, 0) is 82.7 Å². The van der Waals surface area contributed by atoms with Crippen molar-refractivity contribution in [2.75, 3.05) is 64.9 Å². The lowest BCUT2D eigenvalue weighted by Gasteiger charge is -2.41. The van der Waals surface area contributed by atoms with Crippen molar-refractivity contribution in [3.63, 3.8) is 0 Å². The highest BCUT2D eigenvalue weighted by molar-refractivity contribution is 7.87. The molecule has 15 heteroatoms. The summed E-state index contributed by atoms with van der Waals surface area (Å²) in [5.41, 5.74) is 3.22. The Labute approximate surface area is 302 Å². The first-order chi connectivity index (χ1) is 24.9. The molecule has 2 saturated heterocycles. The first kappa shape index (κ1) is 36.3. The number of piperazine rings is 1. The highest BCUT2D eigenvalue weighted by Crippen LogP contribution is 2.37. The maximum Gasteiger partial charge on any atom is 0.341 e. The molecular formula is C37H46FN5O8S. The van der Waals surface area contributed by atoms with Gasteiger partial charge in [-0.25, -0.2) is 13.9 Å². The molecule has 4 heterocycles. The second kappa shape index (κ2) is 14.4. The second-order valence-electron chi connectivity index (χ2n) is 14.4. The van der Waals surface area contributed by atoms with Crippen LogP contribution in [0.5, 0.6) is 5.75 Å². The first-order valence-corrected chi connectivity index (χ1v) is 19.4. The zero-order valence-electron chi connectivity index (χ0n) is 30.1. The predicted octanol–water partition coefficient (Wildman–Crippen LogP) is 3.52. The van der Waals surface area contributed by atoms with E-state index in [2.05, 4.69) is 27.6 Å². The minimum atomic E-state index is -4.15. The predicted molar refractivity (Wildman–Crippen MR) is 193 cm³/mol. The number of carbonyl (C=O) groups is 2. The summed E-state index contributed by atoms with van der Waals surface area (Å²) in [5.74, 6) is -2.79. The lowest BCUT2D eigenvalue weighted by atomic mass is 9.92. The van der Waals surface area contributed by atoms with Crippen LogP contribution in [0.4, 0.5) is 10.1 Å². The van der Waals surface area contributed by atoms with Gasteiger partial charge in [-0.3, -0.25) is 14.5 Å². The van der Waals surface area contributed by atoms with Gasteiger partial charge in [0.1, 0.15) is 17.1 Å². The number of nitrogens with one attached hydrogen (secondary N) is 1. The number of rotatable bonds is 9.